The molecule has 3 aromatic rings. The van der Waals surface area contributed by atoms with E-state index in [9.17, 15) is 10.1 Å². The number of benzene rings is 1. The number of carbonyl (C=O) groups is 1. The van der Waals surface area contributed by atoms with Crippen LogP contribution < -0.4 is 5.32 Å². The van der Waals surface area contributed by atoms with Gasteiger partial charge in [0.2, 0.25) is 0 Å². The quantitative estimate of drug-likeness (QED) is 0.767. The molecule has 0 bridgehead atoms. The SMILES string of the molecule is CC(C)(C)c1ccc(-n2ccc(C#N)c2C(=O)NCc2ccncc2)cc1. The molecule has 0 aliphatic heterocycles. The molecule has 0 saturated heterocycles. The number of hydrogen-bond donors (Lipinski definition) is 1. The van der Waals surface area contributed by atoms with Crippen molar-refractivity contribution in [1.82, 2.24) is 14.9 Å². The second-order valence-electron chi connectivity index (χ2n) is 7.39. The second kappa shape index (κ2) is 7.46. The van der Waals surface area contributed by atoms with Crippen molar-refractivity contribution < 1.29 is 4.79 Å². The molecule has 0 radical (unpaired) electrons. The van der Waals surface area contributed by atoms with E-state index >= 15 is 0 Å². The van der Waals surface area contributed by atoms with E-state index < -0.39 is 0 Å². The first-order chi connectivity index (χ1) is 12.9. The highest BCUT2D eigenvalue weighted by atomic mass is 16.1. The maximum Gasteiger partial charge on any atom is 0.269 e. The van der Waals surface area contributed by atoms with Crippen LogP contribution in [0.15, 0.2) is 61.1 Å². The fourth-order valence-corrected chi connectivity index (χ4v) is 2.86. The molecule has 1 amide bonds. The lowest BCUT2D eigenvalue weighted by atomic mass is 9.87. The first kappa shape index (κ1) is 18.4. The monoisotopic (exact) mass is 358 g/mol. The highest BCUT2D eigenvalue weighted by Gasteiger charge is 2.19. The number of pyridine rings is 1. The van der Waals surface area contributed by atoms with E-state index in [0.29, 0.717) is 17.8 Å². The summed E-state index contributed by atoms with van der Waals surface area (Å²) < 4.78 is 1.76. The van der Waals surface area contributed by atoms with Crippen LogP contribution in [0.3, 0.4) is 0 Å². The third-order valence-electron chi connectivity index (χ3n) is 4.44. The fourth-order valence-electron chi connectivity index (χ4n) is 2.86. The minimum atomic E-state index is -0.284. The molecular weight excluding hydrogens is 336 g/mol. The highest BCUT2D eigenvalue weighted by molar-refractivity contribution is 5.95. The third kappa shape index (κ3) is 4.06. The number of rotatable bonds is 4. The Hall–Kier alpha value is -3.39. The number of aromatic nitrogens is 2. The second-order valence-corrected chi connectivity index (χ2v) is 7.39. The molecule has 1 N–H and O–H groups in total. The predicted octanol–water partition coefficient (Wildman–Crippen LogP) is 3.97. The number of carbonyl (C=O) groups excluding carboxylic acids is 1. The van der Waals surface area contributed by atoms with Gasteiger partial charge in [0, 0.05) is 30.8 Å². The van der Waals surface area contributed by atoms with Crippen molar-refractivity contribution in [3.8, 4) is 11.8 Å². The van der Waals surface area contributed by atoms with Gasteiger partial charge in [0.25, 0.3) is 5.91 Å². The van der Waals surface area contributed by atoms with Crippen molar-refractivity contribution >= 4 is 5.91 Å². The van der Waals surface area contributed by atoms with Gasteiger partial charge in [0.1, 0.15) is 11.8 Å². The Labute approximate surface area is 159 Å². The van der Waals surface area contributed by atoms with Gasteiger partial charge in [-0.2, -0.15) is 5.26 Å². The van der Waals surface area contributed by atoms with E-state index in [1.54, 1.807) is 29.2 Å². The van der Waals surface area contributed by atoms with E-state index in [2.05, 4.69) is 49.3 Å². The highest BCUT2D eigenvalue weighted by Crippen LogP contribution is 2.24. The zero-order chi connectivity index (χ0) is 19.4. The Morgan fingerprint density at radius 3 is 2.37 bits per heavy atom. The molecule has 1 aromatic carbocycles. The molecule has 5 heteroatoms. The molecular formula is C22H22N4O. The topological polar surface area (TPSA) is 70.7 Å². The van der Waals surface area contributed by atoms with Gasteiger partial charge in [-0.15, -0.1) is 0 Å². The molecule has 0 fully saturated rings. The van der Waals surface area contributed by atoms with Crippen LogP contribution in [-0.2, 0) is 12.0 Å². The maximum absolute atomic E-state index is 12.8. The van der Waals surface area contributed by atoms with E-state index in [1.165, 1.54) is 5.56 Å². The van der Waals surface area contributed by atoms with Crippen LogP contribution in [0.2, 0.25) is 0 Å². The largest absolute Gasteiger partial charge is 0.347 e. The number of nitrogens with zero attached hydrogens (tertiary/aromatic N) is 3. The van der Waals surface area contributed by atoms with Gasteiger partial charge in [-0.1, -0.05) is 32.9 Å². The zero-order valence-electron chi connectivity index (χ0n) is 15.7. The molecule has 0 atom stereocenters. The van der Waals surface area contributed by atoms with E-state index in [4.69, 9.17) is 0 Å². The molecule has 27 heavy (non-hydrogen) atoms. The average Bonchev–Trinajstić information content (AvgIpc) is 3.10. The van der Waals surface area contributed by atoms with Crippen LogP contribution in [0, 0.1) is 11.3 Å². The van der Waals surface area contributed by atoms with Crippen LogP contribution in [0.5, 0.6) is 0 Å². The van der Waals surface area contributed by atoms with E-state index in [1.807, 2.05) is 24.3 Å². The van der Waals surface area contributed by atoms with Crippen molar-refractivity contribution in [2.45, 2.75) is 32.7 Å². The van der Waals surface area contributed by atoms with Crippen LogP contribution in [-0.4, -0.2) is 15.5 Å². The molecule has 0 aliphatic rings. The molecule has 0 aliphatic carbocycles. The van der Waals surface area contributed by atoms with Crippen molar-refractivity contribution in [2.24, 2.45) is 0 Å². The minimum absolute atomic E-state index is 0.0534. The summed E-state index contributed by atoms with van der Waals surface area (Å²) in [4.78, 5) is 16.7. The van der Waals surface area contributed by atoms with Gasteiger partial charge >= 0.3 is 0 Å². The van der Waals surface area contributed by atoms with Crippen molar-refractivity contribution in [1.29, 1.82) is 5.26 Å². The van der Waals surface area contributed by atoms with Crippen LogP contribution in [0.25, 0.3) is 5.69 Å². The Balaban J connectivity index is 1.89. The summed E-state index contributed by atoms with van der Waals surface area (Å²) in [5.41, 5.74) is 3.75. The van der Waals surface area contributed by atoms with Crippen LogP contribution >= 0.6 is 0 Å². The summed E-state index contributed by atoms with van der Waals surface area (Å²) in [6.07, 6.45) is 5.12. The van der Waals surface area contributed by atoms with Gasteiger partial charge in [-0.3, -0.25) is 9.78 Å². The average molecular weight is 358 g/mol. The summed E-state index contributed by atoms with van der Waals surface area (Å²) in [5, 5.41) is 12.3. The molecule has 2 aromatic heterocycles. The van der Waals surface area contributed by atoms with Gasteiger partial charge in [-0.05, 0) is 46.9 Å². The summed E-state index contributed by atoms with van der Waals surface area (Å²) in [7, 11) is 0. The van der Waals surface area contributed by atoms with Crippen LogP contribution in [0.1, 0.15) is 48.0 Å². The summed E-state index contributed by atoms with van der Waals surface area (Å²) in [6.45, 7) is 6.84. The van der Waals surface area contributed by atoms with Gasteiger partial charge in [-0.25, -0.2) is 0 Å². The Morgan fingerprint density at radius 2 is 1.78 bits per heavy atom. The molecule has 5 nitrogen and oxygen atoms in total. The predicted molar refractivity (Wildman–Crippen MR) is 105 cm³/mol. The zero-order valence-corrected chi connectivity index (χ0v) is 15.7. The number of amides is 1. The van der Waals surface area contributed by atoms with E-state index in [0.717, 1.165) is 11.3 Å². The van der Waals surface area contributed by atoms with Crippen molar-refractivity contribution in [2.75, 3.05) is 0 Å². The fraction of sp³-hybridized carbons (Fsp3) is 0.227. The minimum Gasteiger partial charge on any atom is -0.347 e. The lowest BCUT2D eigenvalue weighted by molar-refractivity contribution is 0.0944. The standard InChI is InChI=1S/C22H22N4O/c1-22(2,3)18-4-6-19(7-5-18)26-13-10-17(14-23)20(26)21(27)25-15-16-8-11-24-12-9-16/h4-13H,15H2,1-3H3,(H,25,27). The lowest BCUT2D eigenvalue weighted by Crippen LogP contribution is -2.26. The molecule has 3 rings (SSSR count). The normalized spacial score (nSPS) is 11.0. The molecule has 2 heterocycles. The summed E-state index contributed by atoms with van der Waals surface area (Å²) >= 11 is 0. The molecule has 136 valence electrons. The molecule has 0 spiro atoms. The van der Waals surface area contributed by atoms with Gasteiger partial charge in [0.15, 0.2) is 0 Å². The number of hydrogen-bond acceptors (Lipinski definition) is 3. The van der Waals surface area contributed by atoms with E-state index in [-0.39, 0.29) is 11.3 Å². The van der Waals surface area contributed by atoms with Gasteiger partial charge in [0.05, 0.1) is 5.56 Å². The summed E-state index contributed by atoms with van der Waals surface area (Å²) in [5.74, 6) is -0.284. The molecule has 0 unspecified atom stereocenters. The maximum atomic E-state index is 12.8. The first-order valence-corrected chi connectivity index (χ1v) is 8.79. The van der Waals surface area contributed by atoms with Crippen molar-refractivity contribution in [3.05, 3.63) is 83.4 Å². The lowest BCUT2D eigenvalue weighted by Gasteiger charge is -2.19. The smallest absolute Gasteiger partial charge is 0.269 e. The third-order valence-corrected chi connectivity index (χ3v) is 4.44. The Kier molecular flexibility index (Phi) is 5.09. The first-order valence-electron chi connectivity index (χ1n) is 8.79. The number of nitrogens with one attached hydrogen (secondary N) is 1. The number of nitriles is 1. The molecule has 0 saturated carbocycles. The van der Waals surface area contributed by atoms with Crippen LogP contribution in [0.4, 0.5) is 0 Å². The van der Waals surface area contributed by atoms with Crippen molar-refractivity contribution in [3.63, 3.8) is 0 Å². The Bertz CT molecular complexity index is 974. The van der Waals surface area contributed by atoms with Gasteiger partial charge < -0.3 is 9.88 Å². The Morgan fingerprint density at radius 1 is 1.11 bits per heavy atom. The summed E-state index contributed by atoms with van der Waals surface area (Å²) in [6, 6.07) is 15.5.